The van der Waals surface area contributed by atoms with Crippen LogP contribution >= 0.6 is 0 Å². The van der Waals surface area contributed by atoms with Gasteiger partial charge >= 0.3 is 5.97 Å². The Morgan fingerprint density at radius 3 is 2.11 bits per heavy atom. The lowest BCUT2D eigenvalue weighted by Gasteiger charge is -2.10. The Kier molecular flexibility index (Phi) is 7.56. The van der Waals surface area contributed by atoms with Crippen molar-refractivity contribution in [1.82, 2.24) is 10.9 Å². The molecule has 0 radical (unpaired) electrons. The quantitative estimate of drug-likeness (QED) is 0.565. The van der Waals surface area contributed by atoms with E-state index in [1.165, 1.54) is 25.3 Å². The molecule has 7 heteroatoms. The van der Waals surface area contributed by atoms with E-state index in [0.717, 1.165) is 6.42 Å². The summed E-state index contributed by atoms with van der Waals surface area (Å²) in [4.78, 5) is 35.9. The van der Waals surface area contributed by atoms with Gasteiger partial charge in [-0.25, -0.2) is 4.79 Å². The molecule has 0 aromatic heterocycles. The second-order valence-electron chi connectivity index (χ2n) is 6.54. The van der Waals surface area contributed by atoms with E-state index in [2.05, 4.69) is 29.4 Å². The maximum atomic E-state index is 12.2. The van der Waals surface area contributed by atoms with E-state index in [0.29, 0.717) is 23.8 Å². The molecular weight excluding hydrogens is 360 g/mol. The summed E-state index contributed by atoms with van der Waals surface area (Å²) in [6.07, 6.45) is 0.950. The number of ether oxygens (including phenoxy) is 2. The summed E-state index contributed by atoms with van der Waals surface area (Å²) in [5.74, 6) is -0.323. The summed E-state index contributed by atoms with van der Waals surface area (Å²) in [6.45, 7) is 4.86. The van der Waals surface area contributed by atoms with Gasteiger partial charge in [0.2, 0.25) is 0 Å². The van der Waals surface area contributed by atoms with Crippen LogP contribution in [-0.4, -0.2) is 31.5 Å². The van der Waals surface area contributed by atoms with Crippen LogP contribution in [0.15, 0.2) is 48.5 Å². The molecule has 0 unspecified atom stereocenters. The molecule has 0 saturated heterocycles. The van der Waals surface area contributed by atoms with Crippen LogP contribution in [0.2, 0.25) is 0 Å². The van der Waals surface area contributed by atoms with Crippen LogP contribution in [0.25, 0.3) is 0 Å². The zero-order valence-electron chi connectivity index (χ0n) is 16.2. The number of carbonyl (C=O) groups is 3. The summed E-state index contributed by atoms with van der Waals surface area (Å²) >= 11 is 0. The van der Waals surface area contributed by atoms with Crippen LogP contribution in [0.3, 0.4) is 0 Å². The van der Waals surface area contributed by atoms with Gasteiger partial charge in [-0.3, -0.25) is 20.4 Å². The molecule has 0 aliphatic heterocycles. The Bertz CT molecular complexity index is 831. The van der Waals surface area contributed by atoms with Crippen molar-refractivity contribution in [2.45, 2.75) is 20.3 Å². The third kappa shape index (κ3) is 6.12. The third-order valence-corrected chi connectivity index (χ3v) is 3.92. The molecule has 0 atom stereocenters. The van der Waals surface area contributed by atoms with E-state index in [4.69, 9.17) is 4.74 Å². The molecule has 28 heavy (non-hydrogen) atoms. The topological polar surface area (TPSA) is 93.7 Å². The van der Waals surface area contributed by atoms with Crippen molar-refractivity contribution in [2.75, 3.05) is 13.7 Å². The normalized spacial score (nSPS) is 10.3. The van der Waals surface area contributed by atoms with Crippen LogP contribution in [0.1, 0.15) is 51.3 Å². The summed E-state index contributed by atoms with van der Waals surface area (Å²) in [5.41, 5.74) is 5.50. The van der Waals surface area contributed by atoms with Crippen LogP contribution in [0.4, 0.5) is 0 Å². The van der Waals surface area contributed by atoms with Gasteiger partial charge in [0.25, 0.3) is 11.8 Å². The Balaban J connectivity index is 1.89. The predicted octanol–water partition coefficient (Wildman–Crippen LogP) is 2.97. The summed E-state index contributed by atoms with van der Waals surface area (Å²) < 4.78 is 10.2. The van der Waals surface area contributed by atoms with Crippen molar-refractivity contribution >= 4 is 17.8 Å². The van der Waals surface area contributed by atoms with Crippen LogP contribution in [-0.2, 0) is 4.74 Å². The second-order valence-corrected chi connectivity index (χ2v) is 6.54. The first kappa shape index (κ1) is 21.0. The number of hydrogen-bond donors (Lipinski definition) is 2. The molecule has 2 aromatic carbocycles. The minimum Gasteiger partial charge on any atom is -0.494 e. The number of rotatable bonds is 7. The van der Waals surface area contributed by atoms with Crippen LogP contribution < -0.4 is 15.6 Å². The molecule has 2 rings (SSSR count). The number of nitrogens with one attached hydrogen (secondary N) is 2. The van der Waals surface area contributed by atoms with E-state index in [1.54, 1.807) is 30.3 Å². The van der Waals surface area contributed by atoms with Crippen molar-refractivity contribution in [2.24, 2.45) is 5.92 Å². The number of methoxy groups -OCH3 is 1. The highest BCUT2D eigenvalue weighted by Crippen LogP contribution is 2.13. The molecular formula is C21H24N2O5. The first-order chi connectivity index (χ1) is 13.4. The maximum absolute atomic E-state index is 12.2. The molecule has 2 amide bonds. The van der Waals surface area contributed by atoms with Crippen molar-refractivity contribution in [3.63, 3.8) is 0 Å². The number of esters is 1. The highest BCUT2D eigenvalue weighted by Gasteiger charge is 2.12. The fourth-order valence-electron chi connectivity index (χ4n) is 2.28. The number of benzene rings is 2. The van der Waals surface area contributed by atoms with Gasteiger partial charge in [-0.2, -0.15) is 0 Å². The molecule has 148 valence electrons. The van der Waals surface area contributed by atoms with E-state index in [9.17, 15) is 14.4 Å². The van der Waals surface area contributed by atoms with Crippen LogP contribution in [0, 0.1) is 5.92 Å². The molecule has 0 fully saturated rings. The van der Waals surface area contributed by atoms with E-state index >= 15 is 0 Å². The first-order valence-electron chi connectivity index (χ1n) is 8.92. The van der Waals surface area contributed by atoms with Gasteiger partial charge in [0.15, 0.2) is 0 Å². The van der Waals surface area contributed by atoms with Gasteiger partial charge in [-0.1, -0.05) is 19.9 Å². The van der Waals surface area contributed by atoms with Gasteiger partial charge in [0, 0.05) is 11.1 Å². The fourth-order valence-corrected chi connectivity index (χ4v) is 2.28. The average molecular weight is 384 g/mol. The van der Waals surface area contributed by atoms with E-state index in [-0.39, 0.29) is 11.1 Å². The molecule has 0 bridgehead atoms. The van der Waals surface area contributed by atoms with E-state index < -0.39 is 17.8 Å². The van der Waals surface area contributed by atoms with Gasteiger partial charge in [-0.05, 0) is 54.8 Å². The second kappa shape index (κ2) is 10.1. The molecule has 7 nitrogen and oxygen atoms in total. The van der Waals surface area contributed by atoms with Gasteiger partial charge < -0.3 is 9.47 Å². The zero-order chi connectivity index (χ0) is 20.5. The highest BCUT2D eigenvalue weighted by molar-refractivity contribution is 6.00. The molecule has 2 N–H and O–H groups in total. The molecule has 0 saturated carbocycles. The fraction of sp³-hybridized carbons (Fsp3) is 0.286. The summed E-state index contributed by atoms with van der Waals surface area (Å²) in [7, 11) is 1.26. The number of hydrazine groups is 1. The minimum absolute atomic E-state index is 0.220. The molecule has 2 aromatic rings. The highest BCUT2D eigenvalue weighted by atomic mass is 16.5. The Hall–Kier alpha value is -3.35. The first-order valence-corrected chi connectivity index (χ1v) is 8.92. The lowest BCUT2D eigenvalue weighted by Crippen LogP contribution is -2.41. The van der Waals surface area contributed by atoms with Crippen LogP contribution in [0.5, 0.6) is 5.75 Å². The lowest BCUT2D eigenvalue weighted by molar-refractivity contribution is 0.0600. The van der Waals surface area contributed by atoms with Crippen molar-refractivity contribution in [1.29, 1.82) is 0 Å². The van der Waals surface area contributed by atoms with Crippen molar-refractivity contribution in [3.8, 4) is 5.75 Å². The maximum Gasteiger partial charge on any atom is 0.337 e. The summed E-state index contributed by atoms with van der Waals surface area (Å²) in [6, 6.07) is 12.6. The molecule has 0 spiro atoms. The average Bonchev–Trinajstić information content (AvgIpc) is 2.71. The molecule has 0 aliphatic carbocycles. The zero-order valence-corrected chi connectivity index (χ0v) is 16.2. The largest absolute Gasteiger partial charge is 0.494 e. The summed E-state index contributed by atoms with van der Waals surface area (Å²) in [5, 5.41) is 0. The van der Waals surface area contributed by atoms with Gasteiger partial charge in [-0.15, -0.1) is 0 Å². The third-order valence-electron chi connectivity index (χ3n) is 3.92. The SMILES string of the molecule is COC(=O)c1cccc(C(=O)NNC(=O)c2ccc(OCCC(C)C)cc2)c1. The minimum atomic E-state index is -0.548. The molecule has 0 aliphatic rings. The number of hydrogen-bond acceptors (Lipinski definition) is 5. The molecule has 0 heterocycles. The Morgan fingerprint density at radius 2 is 1.50 bits per heavy atom. The van der Waals surface area contributed by atoms with Gasteiger partial charge in [0.05, 0.1) is 19.3 Å². The number of amides is 2. The van der Waals surface area contributed by atoms with Gasteiger partial charge in [0.1, 0.15) is 5.75 Å². The van der Waals surface area contributed by atoms with Crippen molar-refractivity contribution in [3.05, 3.63) is 65.2 Å². The Morgan fingerprint density at radius 1 is 0.893 bits per heavy atom. The number of carbonyl (C=O) groups excluding carboxylic acids is 3. The smallest absolute Gasteiger partial charge is 0.337 e. The van der Waals surface area contributed by atoms with E-state index in [1.807, 2.05) is 0 Å². The Labute approximate surface area is 164 Å². The standard InChI is InChI=1S/C21H24N2O5/c1-14(2)11-12-28-18-9-7-15(8-10-18)19(24)22-23-20(25)16-5-4-6-17(13-16)21(26)27-3/h4-10,13-14H,11-12H2,1-3H3,(H,22,24)(H,23,25). The lowest BCUT2D eigenvalue weighted by atomic mass is 10.1. The monoisotopic (exact) mass is 384 g/mol. The van der Waals surface area contributed by atoms with Crippen molar-refractivity contribution < 1.29 is 23.9 Å². The predicted molar refractivity (Wildman–Crippen MR) is 104 cm³/mol.